The van der Waals surface area contributed by atoms with Gasteiger partial charge in [-0.25, -0.2) is 0 Å². The van der Waals surface area contributed by atoms with Gasteiger partial charge < -0.3 is 11.5 Å². The molecule has 0 unspecified atom stereocenters. The summed E-state index contributed by atoms with van der Waals surface area (Å²) < 4.78 is 0. The molecule has 0 aliphatic heterocycles. The van der Waals surface area contributed by atoms with E-state index in [0.29, 0.717) is 11.1 Å². The predicted molar refractivity (Wildman–Crippen MR) is 76.0 cm³/mol. The molecule has 0 saturated carbocycles. The molecule has 0 saturated heterocycles. The Labute approximate surface area is 128 Å². The number of hydrogen-bond donors (Lipinski definition) is 0. The number of benzene rings is 2. The molecular formula is C13H10Cl2N2OPt. The number of carbonyl (C=O) groups is 1. The van der Waals surface area contributed by atoms with Gasteiger partial charge >= 0.3 is 35.3 Å². The van der Waals surface area contributed by atoms with E-state index in [1.807, 2.05) is 6.07 Å². The van der Waals surface area contributed by atoms with Gasteiger partial charge in [-0.3, -0.25) is 4.79 Å². The largest absolute Gasteiger partial charge is 0.700 e. The van der Waals surface area contributed by atoms with E-state index in [1.54, 1.807) is 30.3 Å². The SMILES string of the molecule is [Cl][Pt+2][Cl].[NH-]c1ccc(C(=O)c2ccccc2)cc1[NH-]. The van der Waals surface area contributed by atoms with Gasteiger partial charge in [0.1, 0.15) is 0 Å². The quantitative estimate of drug-likeness (QED) is 0.516. The molecule has 3 nitrogen and oxygen atoms in total. The van der Waals surface area contributed by atoms with Gasteiger partial charge in [-0.15, -0.1) is 0 Å². The van der Waals surface area contributed by atoms with Gasteiger partial charge in [0, 0.05) is 11.1 Å². The zero-order valence-corrected chi connectivity index (χ0v) is 13.4. The number of halogens is 2. The van der Waals surface area contributed by atoms with E-state index in [4.69, 9.17) is 30.3 Å². The Bertz CT molecular complexity index is 550. The Kier molecular flexibility index (Phi) is 6.93. The van der Waals surface area contributed by atoms with Crippen molar-refractivity contribution >= 4 is 36.0 Å². The van der Waals surface area contributed by atoms with Crippen LogP contribution in [0.15, 0.2) is 48.5 Å². The fraction of sp³-hybridized carbons (Fsp3) is 0. The maximum atomic E-state index is 12.0. The summed E-state index contributed by atoms with van der Waals surface area (Å²) in [6.07, 6.45) is 0. The van der Waals surface area contributed by atoms with Crippen LogP contribution in [-0.2, 0) is 16.5 Å². The summed E-state index contributed by atoms with van der Waals surface area (Å²) in [6.45, 7) is 0. The van der Waals surface area contributed by atoms with Crippen molar-refractivity contribution in [2.24, 2.45) is 0 Å². The first-order chi connectivity index (χ1) is 9.10. The number of rotatable bonds is 2. The predicted octanol–water partition coefficient (Wildman–Crippen LogP) is 5.66. The zero-order valence-electron chi connectivity index (χ0n) is 9.60. The molecule has 0 radical (unpaired) electrons. The zero-order chi connectivity index (χ0) is 14.3. The normalized spacial score (nSPS) is 9.58. The molecule has 0 fully saturated rings. The van der Waals surface area contributed by atoms with Crippen LogP contribution >= 0.6 is 18.8 Å². The molecule has 2 aromatic rings. The first-order valence-corrected chi connectivity index (χ1v) is 10.7. The minimum absolute atomic E-state index is 0.0711. The molecule has 6 heteroatoms. The second kappa shape index (κ2) is 8.21. The van der Waals surface area contributed by atoms with Gasteiger partial charge in [0.15, 0.2) is 5.78 Å². The Morgan fingerprint density at radius 3 is 2.00 bits per heavy atom. The van der Waals surface area contributed by atoms with Crippen molar-refractivity contribution in [3.8, 4) is 0 Å². The molecule has 0 aromatic heterocycles. The van der Waals surface area contributed by atoms with Crippen LogP contribution < -0.4 is 0 Å². The topological polar surface area (TPSA) is 64.7 Å². The smallest absolute Gasteiger partial charge is 0.192 e. The van der Waals surface area contributed by atoms with Gasteiger partial charge in [0.05, 0.1) is 0 Å². The molecule has 0 aliphatic carbocycles. The minimum Gasteiger partial charge on any atom is -0.700 e. The van der Waals surface area contributed by atoms with E-state index in [1.165, 1.54) is 12.1 Å². The molecule has 0 bridgehead atoms. The van der Waals surface area contributed by atoms with Crippen molar-refractivity contribution in [1.29, 1.82) is 0 Å². The molecule has 19 heavy (non-hydrogen) atoms. The molecule has 102 valence electrons. The van der Waals surface area contributed by atoms with Crippen molar-refractivity contribution < 1.29 is 21.3 Å². The van der Waals surface area contributed by atoms with E-state index in [-0.39, 0.29) is 17.2 Å². The third-order valence-electron chi connectivity index (χ3n) is 2.32. The maximum Gasteiger partial charge on any atom is 0.192 e. The van der Waals surface area contributed by atoms with Gasteiger partial charge in [0.2, 0.25) is 0 Å². The number of nitrogens with one attached hydrogen (secondary N) is 2. The third-order valence-corrected chi connectivity index (χ3v) is 2.32. The van der Waals surface area contributed by atoms with Crippen LogP contribution in [0.5, 0.6) is 0 Å². The Balaban J connectivity index is 0.000000550. The van der Waals surface area contributed by atoms with Crippen LogP contribution in [0.1, 0.15) is 15.9 Å². The van der Waals surface area contributed by atoms with Crippen LogP contribution in [-0.4, -0.2) is 5.78 Å². The molecule has 0 atom stereocenters. The first kappa shape index (κ1) is 16.0. The van der Waals surface area contributed by atoms with E-state index < -0.39 is 16.5 Å². The van der Waals surface area contributed by atoms with Crippen molar-refractivity contribution in [1.82, 2.24) is 0 Å². The minimum atomic E-state index is -0.472. The maximum absolute atomic E-state index is 12.0. The van der Waals surface area contributed by atoms with Gasteiger partial charge in [-0.05, 0) is 0 Å². The summed E-state index contributed by atoms with van der Waals surface area (Å²) in [5, 5.41) is 0. The first-order valence-electron chi connectivity index (χ1n) is 5.09. The van der Waals surface area contributed by atoms with E-state index in [2.05, 4.69) is 0 Å². The summed E-state index contributed by atoms with van der Waals surface area (Å²) >= 11 is -0.472. The van der Waals surface area contributed by atoms with Crippen LogP contribution in [0.3, 0.4) is 0 Å². The summed E-state index contributed by atoms with van der Waals surface area (Å²) in [5.41, 5.74) is 16.1. The monoisotopic (exact) mass is 475 g/mol. The molecule has 2 aromatic carbocycles. The molecule has 0 amide bonds. The molecule has 0 heterocycles. The number of carbonyl (C=O) groups excluding carboxylic acids is 1. The van der Waals surface area contributed by atoms with Crippen LogP contribution in [0.2, 0.25) is 0 Å². The van der Waals surface area contributed by atoms with Gasteiger partial charge in [-0.2, -0.15) is 11.4 Å². The summed E-state index contributed by atoms with van der Waals surface area (Å²) in [4.78, 5) is 12.0. The fourth-order valence-corrected chi connectivity index (χ4v) is 1.44. The molecule has 2 rings (SSSR count). The Morgan fingerprint density at radius 2 is 1.47 bits per heavy atom. The number of ketones is 1. The van der Waals surface area contributed by atoms with E-state index >= 15 is 0 Å². The van der Waals surface area contributed by atoms with Crippen molar-refractivity contribution in [3.05, 3.63) is 71.1 Å². The third kappa shape index (κ3) is 4.87. The average molecular weight is 476 g/mol. The standard InChI is InChI=1S/C13H11N2O.2ClH.Pt/c14-11-7-6-10(8-12(11)15)13(16)9-4-2-1-3-5-9;;;/h1-8,15H,(H2,14,16);2*1H;/q-1;;;+4/p-3. The second-order valence-electron chi connectivity index (χ2n) is 3.50. The van der Waals surface area contributed by atoms with Gasteiger partial charge in [-0.1, -0.05) is 48.5 Å². The molecule has 2 N–H and O–H groups in total. The molecular weight excluding hydrogens is 466 g/mol. The molecule has 0 aliphatic rings. The van der Waals surface area contributed by atoms with Crippen molar-refractivity contribution in [2.45, 2.75) is 0 Å². The second-order valence-corrected chi connectivity index (χ2v) is 6.78. The Hall–Kier alpha value is -1.02. The summed E-state index contributed by atoms with van der Waals surface area (Å²) in [5.74, 6) is -0.117. The molecule has 0 spiro atoms. The van der Waals surface area contributed by atoms with Crippen LogP contribution in [0.4, 0.5) is 11.4 Å². The Morgan fingerprint density at radius 1 is 0.895 bits per heavy atom. The van der Waals surface area contributed by atoms with Crippen molar-refractivity contribution in [3.63, 3.8) is 0 Å². The van der Waals surface area contributed by atoms with Crippen LogP contribution in [0, 0.1) is 0 Å². The summed E-state index contributed by atoms with van der Waals surface area (Å²) in [7, 11) is 9.75. The van der Waals surface area contributed by atoms with E-state index in [0.717, 1.165) is 0 Å². The fourth-order valence-electron chi connectivity index (χ4n) is 1.44. The van der Waals surface area contributed by atoms with Crippen LogP contribution in [0.25, 0.3) is 11.5 Å². The van der Waals surface area contributed by atoms with Crippen molar-refractivity contribution in [2.75, 3.05) is 0 Å². The average Bonchev–Trinajstić information content (AvgIpc) is 2.43. The number of hydrogen-bond acceptors (Lipinski definition) is 1. The summed E-state index contributed by atoms with van der Waals surface area (Å²) in [6, 6.07) is 13.4. The van der Waals surface area contributed by atoms with E-state index in [9.17, 15) is 4.79 Å². The van der Waals surface area contributed by atoms with Gasteiger partial charge in [0.25, 0.3) is 0 Å².